The lowest BCUT2D eigenvalue weighted by Crippen LogP contribution is -2.19. The van der Waals surface area contributed by atoms with Crippen molar-refractivity contribution >= 4 is 11.8 Å². The third kappa shape index (κ3) is 3.21. The SMILES string of the molecule is COc1cc(C)c(C)cc1SC1CCC(O)CC1. The summed E-state index contributed by atoms with van der Waals surface area (Å²) in [7, 11) is 1.73. The van der Waals surface area contributed by atoms with E-state index < -0.39 is 0 Å². The lowest BCUT2D eigenvalue weighted by Gasteiger charge is -2.25. The molecular formula is C15H22O2S. The number of methoxy groups -OCH3 is 1. The van der Waals surface area contributed by atoms with E-state index in [2.05, 4.69) is 26.0 Å². The fourth-order valence-electron chi connectivity index (χ4n) is 2.36. The number of aliphatic hydroxyl groups is 1. The van der Waals surface area contributed by atoms with Crippen molar-refractivity contribution in [3.05, 3.63) is 23.3 Å². The van der Waals surface area contributed by atoms with Gasteiger partial charge in [-0.25, -0.2) is 0 Å². The van der Waals surface area contributed by atoms with Crippen molar-refractivity contribution < 1.29 is 9.84 Å². The monoisotopic (exact) mass is 266 g/mol. The number of hydrogen-bond donors (Lipinski definition) is 1. The predicted octanol–water partition coefficient (Wildman–Crippen LogP) is 3.71. The van der Waals surface area contributed by atoms with Crippen LogP contribution in [0.25, 0.3) is 0 Å². The van der Waals surface area contributed by atoms with Gasteiger partial charge in [-0.3, -0.25) is 0 Å². The molecule has 1 aliphatic carbocycles. The highest BCUT2D eigenvalue weighted by Crippen LogP contribution is 2.39. The Morgan fingerprint density at radius 3 is 2.33 bits per heavy atom. The maximum absolute atomic E-state index is 9.54. The quantitative estimate of drug-likeness (QED) is 0.904. The highest BCUT2D eigenvalue weighted by atomic mass is 32.2. The van der Waals surface area contributed by atoms with E-state index >= 15 is 0 Å². The third-order valence-corrected chi connectivity index (χ3v) is 5.10. The Morgan fingerprint density at radius 1 is 1.11 bits per heavy atom. The van der Waals surface area contributed by atoms with Gasteiger partial charge >= 0.3 is 0 Å². The van der Waals surface area contributed by atoms with Crippen LogP contribution in [0.1, 0.15) is 36.8 Å². The van der Waals surface area contributed by atoms with Crippen molar-refractivity contribution in [1.82, 2.24) is 0 Å². The fourth-order valence-corrected chi connectivity index (χ4v) is 3.73. The van der Waals surface area contributed by atoms with Crippen molar-refractivity contribution in [2.75, 3.05) is 7.11 Å². The van der Waals surface area contributed by atoms with Gasteiger partial charge in [0.2, 0.25) is 0 Å². The first-order chi connectivity index (χ1) is 8.60. The summed E-state index contributed by atoms with van der Waals surface area (Å²) in [6.07, 6.45) is 3.99. The first kappa shape index (κ1) is 13.8. The molecule has 0 amide bonds. The molecule has 0 unspecified atom stereocenters. The summed E-state index contributed by atoms with van der Waals surface area (Å²) in [4.78, 5) is 1.24. The number of aliphatic hydroxyl groups excluding tert-OH is 1. The summed E-state index contributed by atoms with van der Waals surface area (Å²) in [6.45, 7) is 4.26. The highest BCUT2D eigenvalue weighted by molar-refractivity contribution is 8.00. The van der Waals surface area contributed by atoms with Crippen molar-refractivity contribution in [2.45, 2.75) is 55.8 Å². The van der Waals surface area contributed by atoms with Crippen LogP contribution < -0.4 is 4.74 Å². The minimum absolute atomic E-state index is 0.0801. The number of rotatable bonds is 3. The summed E-state index contributed by atoms with van der Waals surface area (Å²) in [5.41, 5.74) is 2.59. The molecule has 1 saturated carbocycles. The van der Waals surface area contributed by atoms with Gasteiger partial charge in [-0.1, -0.05) is 0 Å². The predicted molar refractivity (Wildman–Crippen MR) is 76.6 cm³/mol. The van der Waals surface area contributed by atoms with Gasteiger partial charge in [-0.05, 0) is 62.8 Å². The lowest BCUT2D eigenvalue weighted by molar-refractivity contribution is 0.132. The highest BCUT2D eigenvalue weighted by Gasteiger charge is 2.21. The Kier molecular flexibility index (Phi) is 4.57. The normalized spacial score (nSPS) is 24.0. The molecule has 0 aliphatic heterocycles. The van der Waals surface area contributed by atoms with Crippen LogP contribution >= 0.6 is 11.8 Å². The number of ether oxygens (including phenoxy) is 1. The minimum Gasteiger partial charge on any atom is -0.496 e. The van der Waals surface area contributed by atoms with Gasteiger partial charge in [0.05, 0.1) is 13.2 Å². The lowest BCUT2D eigenvalue weighted by atomic mass is 9.97. The van der Waals surface area contributed by atoms with E-state index in [1.807, 2.05) is 11.8 Å². The molecule has 0 bridgehead atoms. The van der Waals surface area contributed by atoms with Gasteiger partial charge in [0.15, 0.2) is 0 Å². The molecule has 0 spiro atoms. The average Bonchev–Trinajstić information content (AvgIpc) is 2.36. The van der Waals surface area contributed by atoms with Crippen LogP contribution in [0.15, 0.2) is 17.0 Å². The van der Waals surface area contributed by atoms with Crippen LogP contribution in [0.4, 0.5) is 0 Å². The van der Waals surface area contributed by atoms with Gasteiger partial charge in [0.1, 0.15) is 5.75 Å². The first-order valence-corrected chi connectivity index (χ1v) is 7.48. The van der Waals surface area contributed by atoms with Crippen LogP contribution in [-0.2, 0) is 0 Å². The number of thioether (sulfide) groups is 1. The van der Waals surface area contributed by atoms with Crippen LogP contribution in [0, 0.1) is 13.8 Å². The largest absolute Gasteiger partial charge is 0.496 e. The molecule has 1 N–H and O–H groups in total. The van der Waals surface area contributed by atoms with E-state index in [-0.39, 0.29) is 6.10 Å². The third-order valence-electron chi connectivity index (χ3n) is 3.72. The first-order valence-electron chi connectivity index (χ1n) is 6.60. The molecule has 3 heteroatoms. The molecule has 0 atom stereocenters. The van der Waals surface area contributed by atoms with Crippen molar-refractivity contribution in [2.24, 2.45) is 0 Å². The topological polar surface area (TPSA) is 29.5 Å². The number of aryl methyl sites for hydroxylation is 2. The van der Waals surface area contributed by atoms with E-state index in [9.17, 15) is 5.11 Å². The standard InChI is InChI=1S/C15H22O2S/c1-10-8-14(17-3)15(9-11(10)2)18-13-6-4-12(16)5-7-13/h8-9,12-13,16H,4-7H2,1-3H3. The molecule has 1 aliphatic rings. The smallest absolute Gasteiger partial charge is 0.132 e. The molecule has 0 heterocycles. The molecule has 2 nitrogen and oxygen atoms in total. The molecule has 1 fully saturated rings. The summed E-state index contributed by atoms with van der Waals surface area (Å²) >= 11 is 1.90. The van der Waals surface area contributed by atoms with Crippen LogP contribution in [0.5, 0.6) is 5.75 Å². The fraction of sp³-hybridized carbons (Fsp3) is 0.600. The molecule has 1 aromatic rings. The summed E-state index contributed by atoms with van der Waals surface area (Å²) in [5, 5.41) is 10.2. The van der Waals surface area contributed by atoms with E-state index in [4.69, 9.17) is 4.74 Å². The number of benzene rings is 1. The van der Waals surface area contributed by atoms with Crippen LogP contribution in [-0.4, -0.2) is 23.6 Å². The maximum atomic E-state index is 9.54. The van der Waals surface area contributed by atoms with Gasteiger partial charge in [-0.2, -0.15) is 0 Å². The van der Waals surface area contributed by atoms with Crippen molar-refractivity contribution in [1.29, 1.82) is 0 Å². The van der Waals surface area contributed by atoms with E-state index in [0.29, 0.717) is 5.25 Å². The molecule has 1 aromatic carbocycles. The van der Waals surface area contributed by atoms with Gasteiger partial charge in [0.25, 0.3) is 0 Å². The zero-order valence-corrected chi connectivity index (χ0v) is 12.2. The Bertz CT molecular complexity index is 409. The Morgan fingerprint density at radius 2 is 1.72 bits per heavy atom. The second-order valence-corrected chi connectivity index (χ2v) is 6.48. The van der Waals surface area contributed by atoms with Gasteiger partial charge in [0, 0.05) is 10.1 Å². The summed E-state index contributed by atoms with van der Waals surface area (Å²) < 4.78 is 5.47. The molecule has 2 rings (SSSR count). The van der Waals surface area contributed by atoms with Crippen LogP contribution in [0.3, 0.4) is 0 Å². The van der Waals surface area contributed by atoms with Crippen LogP contribution in [0.2, 0.25) is 0 Å². The van der Waals surface area contributed by atoms with Gasteiger partial charge < -0.3 is 9.84 Å². The Hall–Kier alpha value is -0.670. The summed E-state index contributed by atoms with van der Waals surface area (Å²) in [6, 6.07) is 4.35. The van der Waals surface area contributed by atoms with E-state index in [0.717, 1.165) is 31.4 Å². The minimum atomic E-state index is -0.0801. The van der Waals surface area contributed by atoms with E-state index in [1.165, 1.54) is 16.0 Å². The number of hydrogen-bond acceptors (Lipinski definition) is 3. The second kappa shape index (κ2) is 5.98. The van der Waals surface area contributed by atoms with Gasteiger partial charge in [-0.15, -0.1) is 11.8 Å². The van der Waals surface area contributed by atoms with E-state index in [1.54, 1.807) is 7.11 Å². The molecule has 18 heavy (non-hydrogen) atoms. The molecular weight excluding hydrogens is 244 g/mol. The molecule has 0 saturated heterocycles. The second-order valence-electron chi connectivity index (χ2n) is 5.14. The maximum Gasteiger partial charge on any atom is 0.132 e. The van der Waals surface area contributed by atoms with Crippen molar-refractivity contribution in [3.8, 4) is 5.75 Å². The zero-order valence-electron chi connectivity index (χ0n) is 11.4. The average molecular weight is 266 g/mol. The zero-order chi connectivity index (χ0) is 13.1. The molecule has 0 radical (unpaired) electrons. The molecule has 0 aromatic heterocycles. The Balaban J connectivity index is 2.10. The molecule has 100 valence electrons. The van der Waals surface area contributed by atoms with Crippen molar-refractivity contribution in [3.63, 3.8) is 0 Å². The summed E-state index contributed by atoms with van der Waals surface area (Å²) in [5.74, 6) is 0.981. The Labute approximate surface area is 114 Å².